The van der Waals surface area contributed by atoms with Gasteiger partial charge in [0.15, 0.2) is 0 Å². The minimum atomic E-state index is -1.21. The van der Waals surface area contributed by atoms with Gasteiger partial charge < -0.3 is 20.8 Å². The number of hydrogen-bond acceptors (Lipinski definition) is 4. The van der Waals surface area contributed by atoms with Crippen LogP contribution in [0.15, 0.2) is 18.2 Å². The molecule has 1 atom stereocenters. The lowest BCUT2D eigenvalue weighted by Crippen LogP contribution is -2.35. The van der Waals surface area contributed by atoms with E-state index in [9.17, 15) is 14.7 Å². The molecule has 1 saturated heterocycles. The van der Waals surface area contributed by atoms with E-state index in [0.717, 1.165) is 13.0 Å². The van der Waals surface area contributed by atoms with Crippen LogP contribution in [0.3, 0.4) is 0 Å². The Morgan fingerprint density at radius 3 is 2.68 bits per heavy atom. The second kappa shape index (κ2) is 4.89. The van der Waals surface area contributed by atoms with E-state index in [1.807, 2.05) is 6.92 Å². The minimum Gasteiger partial charge on any atom is -0.507 e. The number of benzene rings is 1. The van der Waals surface area contributed by atoms with Gasteiger partial charge in [-0.1, -0.05) is 0 Å². The standard InChI is InChI=1S/C13H16N2O4/c1-13(4-5-14-7-13)12(19)15-8-2-3-9(11(17)18)10(16)6-8/h2-3,6,14,16H,4-5,7H2,1H3,(H,15,19)(H,17,18). The van der Waals surface area contributed by atoms with E-state index in [0.29, 0.717) is 12.2 Å². The molecule has 1 amide bonds. The number of nitrogens with one attached hydrogen (secondary N) is 2. The van der Waals surface area contributed by atoms with E-state index < -0.39 is 11.4 Å². The van der Waals surface area contributed by atoms with E-state index in [1.165, 1.54) is 18.2 Å². The summed E-state index contributed by atoms with van der Waals surface area (Å²) in [5.41, 5.74) is -0.270. The fourth-order valence-corrected chi connectivity index (χ4v) is 2.08. The zero-order chi connectivity index (χ0) is 14.0. The summed E-state index contributed by atoms with van der Waals surface area (Å²) < 4.78 is 0. The molecule has 19 heavy (non-hydrogen) atoms. The average molecular weight is 264 g/mol. The van der Waals surface area contributed by atoms with Crippen molar-refractivity contribution in [2.45, 2.75) is 13.3 Å². The van der Waals surface area contributed by atoms with Crippen LogP contribution in [0.25, 0.3) is 0 Å². The van der Waals surface area contributed by atoms with Gasteiger partial charge in [0.25, 0.3) is 0 Å². The van der Waals surface area contributed by atoms with Crippen molar-refractivity contribution < 1.29 is 19.8 Å². The van der Waals surface area contributed by atoms with Gasteiger partial charge in [-0.3, -0.25) is 4.79 Å². The largest absolute Gasteiger partial charge is 0.507 e. The van der Waals surface area contributed by atoms with Gasteiger partial charge in [0.2, 0.25) is 5.91 Å². The normalized spacial score (nSPS) is 22.2. The number of carboxylic acids is 1. The number of carbonyl (C=O) groups is 2. The molecule has 0 saturated carbocycles. The summed E-state index contributed by atoms with van der Waals surface area (Å²) in [6.45, 7) is 3.28. The first-order valence-corrected chi connectivity index (χ1v) is 6.01. The van der Waals surface area contributed by atoms with Gasteiger partial charge in [0, 0.05) is 18.3 Å². The van der Waals surface area contributed by atoms with Crippen LogP contribution >= 0.6 is 0 Å². The smallest absolute Gasteiger partial charge is 0.339 e. The number of carbonyl (C=O) groups excluding carboxylic acids is 1. The number of phenols is 1. The molecule has 1 aromatic carbocycles. The molecule has 2 rings (SSSR count). The molecule has 6 nitrogen and oxygen atoms in total. The van der Waals surface area contributed by atoms with Crippen molar-refractivity contribution >= 4 is 17.6 Å². The Balaban J connectivity index is 2.13. The number of hydrogen-bond donors (Lipinski definition) is 4. The number of amides is 1. The summed E-state index contributed by atoms with van der Waals surface area (Å²) in [4.78, 5) is 22.9. The molecule has 0 spiro atoms. The first kappa shape index (κ1) is 13.4. The zero-order valence-corrected chi connectivity index (χ0v) is 10.6. The maximum Gasteiger partial charge on any atom is 0.339 e. The molecule has 1 aromatic rings. The Morgan fingerprint density at radius 2 is 2.16 bits per heavy atom. The quantitative estimate of drug-likeness (QED) is 0.653. The van der Waals surface area contributed by atoms with Crippen LogP contribution in [0.5, 0.6) is 5.75 Å². The Bertz CT molecular complexity index is 521. The van der Waals surface area contributed by atoms with Gasteiger partial charge in [-0.15, -0.1) is 0 Å². The molecule has 1 unspecified atom stereocenters. The van der Waals surface area contributed by atoms with Crippen LogP contribution in [-0.4, -0.2) is 35.2 Å². The molecule has 0 aromatic heterocycles. The third-order valence-corrected chi connectivity index (χ3v) is 3.40. The summed E-state index contributed by atoms with van der Waals surface area (Å²) in [6.07, 6.45) is 0.748. The van der Waals surface area contributed by atoms with Gasteiger partial charge in [0.05, 0.1) is 5.41 Å². The van der Waals surface area contributed by atoms with Crippen LogP contribution in [-0.2, 0) is 4.79 Å². The van der Waals surface area contributed by atoms with E-state index in [1.54, 1.807) is 0 Å². The predicted octanol–water partition coefficient (Wildman–Crippen LogP) is 1.03. The zero-order valence-electron chi connectivity index (χ0n) is 10.6. The van der Waals surface area contributed by atoms with E-state index in [-0.39, 0.29) is 17.2 Å². The van der Waals surface area contributed by atoms with Crippen LogP contribution in [0.2, 0.25) is 0 Å². The van der Waals surface area contributed by atoms with E-state index in [2.05, 4.69) is 10.6 Å². The van der Waals surface area contributed by atoms with Gasteiger partial charge in [0.1, 0.15) is 11.3 Å². The maximum absolute atomic E-state index is 12.1. The minimum absolute atomic E-state index is 0.139. The van der Waals surface area contributed by atoms with Crippen molar-refractivity contribution in [3.63, 3.8) is 0 Å². The van der Waals surface area contributed by atoms with Crippen molar-refractivity contribution in [3.05, 3.63) is 23.8 Å². The van der Waals surface area contributed by atoms with Crippen molar-refractivity contribution in [2.24, 2.45) is 5.41 Å². The highest BCUT2D eigenvalue weighted by molar-refractivity contribution is 5.97. The van der Waals surface area contributed by atoms with Gasteiger partial charge in [-0.2, -0.15) is 0 Å². The Morgan fingerprint density at radius 1 is 1.42 bits per heavy atom. The Hall–Kier alpha value is -2.08. The van der Waals surface area contributed by atoms with Crippen LogP contribution in [0, 0.1) is 5.41 Å². The summed E-state index contributed by atoms with van der Waals surface area (Å²) in [7, 11) is 0. The molecule has 0 radical (unpaired) electrons. The number of anilines is 1. The van der Waals surface area contributed by atoms with Crippen molar-refractivity contribution in [2.75, 3.05) is 18.4 Å². The monoisotopic (exact) mass is 264 g/mol. The van der Waals surface area contributed by atoms with Crippen LogP contribution in [0.4, 0.5) is 5.69 Å². The first-order valence-electron chi connectivity index (χ1n) is 6.01. The second-order valence-electron chi connectivity index (χ2n) is 4.98. The molecule has 0 bridgehead atoms. The average Bonchev–Trinajstić information content (AvgIpc) is 2.77. The van der Waals surface area contributed by atoms with Gasteiger partial charge in [-0.25, -0.2) is 4.79 Å². The fraction of sp³-hybridized carbons (Fsp3) is 0.385. The van der Waals surface area contributed by atoms with Crippen molar-refractivity contribution in [3.8, 4) is 5.75 Å². The second-order valence-corrected chi connectivity index (χ2v) is 4.98. The third-order valence-electron chi connectivity index (χ3n) is 3.40. The molecule has 0 aliphatic carbocycles. The molecular formula is C13H16N2O4. The SMILES string of the molecule is CC1(C(=O)Nc2ccc(C(=O)O)c(O)c2)CCNC1. The molecule has 4 N–H and O–H groups in total. The molecular weight excluding hydrogens is 248 g/mol. The summed E-state index contributed by atoms with van der Waals surface area (Å²) in [5.74, 6) is -1.71. The molecule has 102 valence electrons. The topological polar surface area (TPSA) is 98.7 Å². The van der Waals surface area contributed by atoms with Crippen molar-refractivity contribution in [1.82, 2.24) is 5.32 Å². The molecule has 1 aliphatic rings. The first-order chi connectivity index (χ1) is 8.92. The predicted molar refractivity (Wildman–Crippen MR) is 69.3 cm³/mol. The number of rotatable bonds is 3. The van der Waals surface area contributed by atoms with Crippen LogP contribution in [0.1, 0.15) is 23.7 Å². The summed E-state index contributed by atoms with van der Waals surface area (Å²) >= 11 is 0. The highest BCUT2D eigenvalue weighted by Gasteiger charge is 2.36. The molecule has 1 heterocycles. The number of carboxylic acid groups (broad SMARTS) is 1. The van der Waals surface area contributed by atoms with Gasteiger partial charge >= 0.3 is 5.97 Å². The lowest BCUT2D eigenvalue weighted by Gasteiger charge is -2.21. The molecule has 1 aliphatic heterocycles. The number of aromatic hydroxyl groups is 1. The van der Waals surface area contributed by atoms with E-state index in [4.69, 9.17) is 5.11 Å². The van der Waals surface area contributed by atoms with Gasteiger partial charge in [-0.05, 0) is 32.0 Å². The maximum atomic E-state index is 12.1. The van der Waals surface area contributed by atoms with Crippen molar-refractivity contribution in [1.29, 1.82) is 0 Å². The summed E-state index contributed by atoms with van der Waals surface area (Å²) in [5, 5.41) is 24.2. The summed E-state index contributed by atoms with van der Waals surface area (Å²) in [6, 6.07) is 3.97. The number of aromatic carboxylic acids is 1. The highest BCUT2D eigenvalue weighted by Crippen LogP contribution is 2.28. The van der Waals surface area contributed by atoms with Crippen LogP contribution < -0.4 is 10.6 Å². The fourth-order valence-electron chi connectivity index (χ4n) is 2.08. The Kier molecular flexibility index (Phi) is 3.44. The Labute approximate surface area is 110 Å². The lowest BCUT2D eigenvalue weighted by molar-refractivity contribution is -0.123. The highest BCUT2D eigenvalue weighted by atomic mass is 16.4. The third kappa shape index (κ3) is 2.68. The van der Waals surface area contributed by atoms with E-state index >= 15 is 0 Å². The molecule has 6 heteroatoms. The lowest BCUT2D eigenvalue weighted by atomic mass is 9.88. The molecule has 1 fully saturated rings.